The van der Waals surface area contributed by atoms with Crippen LogP contribution in [0.4, 0.5) is 0 Å². The molecule has 1 aromatic carbocycles. The van der Waals surface area contributed by atoms with Gasteiger partial charge in [-0.3, -0.25) is 9.59 Å². The second-order valence-corrected chi connectivity index (χ2v) is 8.39. The average Bonchev–Trinajstić information content (AvgIpc) is 2.85. The molecule has 1 aliphatic rings. The first kappa shape index (κ1) is 18.5. The Morgan fingerprint density at radius 3 is 2.54 bits per heavy atom. The largest absolute Gasteiger partial charge is 0.351 e. The topological polar surface area (TPSA) is 92.3 Å². The number of halogens is 1. The molecule has 130 valence electrons. The van der Waals surface area contributed by atoms with E-state index in [0.29, 0.717) is 17.0 Å². The highest BCUT2D eigenvalue weighted by Crippen LogP contribution is 2.13. The molecule has 0 radical (unpaired) electrons. The Hall–Kier alpha value is -1.86. The molecule has 0 saturated carbocycles. The monoisotopic (exact) mass is 370 g/mol. The van der Waals surface area contributed by atoms with Gasteiger partial charge >= 0.3 is 0 Å². The van der Waals surface area contributed by atoms with Gasteiger partial charge in [-0.2, -0.15) is 0 Å². The van der Waals surface area contributed by atoms with Gasteiger partial charge in [0.05, 0.1) is 18.1 Å². The highest BCUT2D eigenvalue weighted by molar-refractivity contribution is 7.91. The fourth-order valence-electron chi connectivity index (χ4n) is 2.36. The van der Waals surface area contributed by atoms with Crippen molar-refractivity contribution in [1.29, 1.82) is 0 Å². The van der Waals surface area contributed by atoms with Gasteiger partial charge in [-0.05, 0) is 37.1 Å². The quantitative estimate of drug-likeness (QED) is 0.761. The standard InChI is InChI=1S/C16H19ClN2O4S/c1-11(8-12-2-4-13(17)5-3-12)16(21)18-9-15(20)19-14-6-7-24(22,23)10-14/h2-5,8,14H,6-7,9-10H2,1H3,(H,18,21)(H,19,20)/b11-8+. The number of carbonyl (C=O) groups excluding carboxylic acids is 2. The molecule has 0 aromatic heterocycles. The molecule has 2 amide bonds. The number of hydrogen-bond donors (Lipinski definition) is 2. The molecule has 1 aliphatic heterocycles. The van der Waals surface area contributed by atoms with Gasteiger partial charge in [-0.1, -0.05) is 23.7 Å². The molecular formula is C16H19ClN2O4S. The molecule has 24 heavy (non-hydrogen) atoms. The van der Waals surface area contributed by atoms with E-state index in [2.05, 4.69) is 10.6 Å². The molecule has 1 fully saturated rings. The Balaban J connectivity index is 1.81. The second-order valence-electron chi connectivity index (χ2n) is 5.73. The van der Waals surface area contributed by atoms with Crippen LogP contribution in [0.2, 0.25) is 5.02 Å². The maximum atomic E-state index is 12.0. The summed E-state index contributed by atoms with van der Waals surface area (Å²) >= 11 is 5.80. The van der Waals surface area contributed by atoms with Crippen molar-refractivity contribution in [2.75, 3.05) is 18.1 Å². The van der Waals surface area contributed by atoms with Crippen LogP contribution in [0.1, 0.15) is 18.9 Å². The predicted octanol–water partition coefficient (Wildman–Crippen LogP) is 1.16. The van der Waals surface area contributed by atoms with Crippen LogP contribution in [0, 0.1) is 0 Å². The number of amides is 2. The Bertz CT molecular complexity index is 757. The fourth-order valence-corrected chi connectivity index (χ4v) is 4.16. The highest BCUT2D eigenvalue weighted by Gasteiger charge is 2.28. The minimum atomic E-state index is -3.04. The molecule has 0 spiro atoms. The maximum absolute atomic E-state index is 12.0. The summed E-state index contributed by atoms with van der Waals surface area (Å²) in [5.74, 6) is -0.709. The van der Waals surface area contributed by atoms with E-state index in [1.807, 2.05) is 0 Å². The number of carbonyl (C=O) groups is 2. The molecule has 2 N–H and O–H groups in total. The average molecular weight is 371 g/mol. The molecule has 1 atom stereocenters. The van der Waals surface area contributed by atoms with Crippen molar-refractivity contribution in [2.24, 2.45) is 0 Å². The summed E-state index contributed by atoms with van der Waals surface area (Å²) in [6.45, 7) is 1.45. The van der Waals surface area contributed by atoms with E-state index in [0.717, 1.165) is 5.56 Å². The summed E-state index contributed by atoms with van der Waals surface area (Å²) in [6, 6.07) is 6.65. The highest BCUT2D eigenvalue weighted by atomic mass is 35.5. The van der Waals surface area contributed by atoms with E-state index in [-0.39, 0.29) is 30.0 Å². The Labute approximate surface area is 146 Å². The van der Waals surface area contributed by atoms with Crippen LogP contribution in [-0.2, 0) is 19.4 Å². The van der Waals surface area contributed by atoms with Crippen LogP contribution in [-0.4, -0.2) is 44.3 Å². The van der Waals surface area contributed by atoms with Crippen molar-refractivity contribution in [3.05, 3.63) is 40.4 Å². The summed E-state index contributed by atoms with van der Waals surface area (Å²) in [4.78, 5) is 23.8. The minimum absolute atomic E-state index is 0.0395. The molecule has 6 nitrogen and oxygen atoms in total. The molecule has 1 saturated heterocycles. The normalized spacial score (nSPS) is 19.8. The zero-order chi connectivity index (χ0) is 17.7. The third kappa shape index (κ3) is 5.65. The first-order valence-corrected chi connectivity index (χ1v) is 9.67. The number of benzene rings is 1. The van der Waals surface area contributed by atoms with Gasteiger partial charge in [0.15, 0.2) is 9.84 Å². The predicted molar refractivity (Wildman–Crippen MR) is 93.3 cm³/mol. The van der Waals surface area contributed by atoms with Crippen molar-refractivity contribution in [2.45, 2.75) is 19.4 Å². The van der Waals surface area contributed by atoms with Crippen molar-refractivity contribution >= 4 is 39.3 Å². The Morgan fingerprint density at radius 2 is 1.96 bits per heavy atom. The van der Waals surface area contributed by atoms with Gasteiger partial charge in [0, 0.05) is 16.6 Å². The zero-order valence-corrected chi connectivity index (χ0v) is 14.8. The molecule has 2 rings (SSSR count). The van der Waals surface area contributed by atoms with Crippen molar-refractivity contribution in [1.82, 2.24) is 10.6 Å². The van der Waals surface area contributed by atoms with Crippen LogP contribution in [0.3, 0.4) is 0 Å². The van der Waals surface area contributed by atoms with Gasteiger partial charge < -0.3 is 10.6 Å². The van der Waals surface area contributed by atoms with Crippen LogP contribution < -0.4 is 10.6 Å². The molecule has 1 aromatic rings. The lowest BCUT2D eigenvalue weighted by Crippen LogP contribution is -2.42. The Morgan fingerprint density at radius 1 is 1.29 bits per heavy atom. The summed E-state index contributed by atoms with van der Waals surface area (Å²) in [5, 5.41) is 5.74. The van der Waals surface area contributed by atoms with Crippen molar-refractivity contribution < 1.29 is 18.0 Å². The van der Waals surface area contributed by atoms with E-state index in [1.165, 1.54) is 0 Å². The van der Waals surface area contributed by atoms with Crippen LogP contribution in [0.15, 0.2) is 29.8 Å². The molecule has 1 unspecified atom stereocenters. The second kappa shape index (κ2) is 7.81. The van der Waals surface area contributed by atoms with Gasteiger partial charge in [-0.15, -0.1) is 0 Å². The summed E-state index contributed by atoms with van der Waals surface area (Å²) < 4.78 is 22.7. The molecule has 0 bridgehead atoms. The zero-order valence-electron chi connectivity index (χ0n) is 13.2. The lowest BCUT2D eigenvalue weighted by Gasteiger charge is -2.11. The van der Waals surface area contributed by atoms with Gasteiger partial charge in [0.1, 0.15) is 0 Å². The number of rotatable bonds is 5. The lowest BCUT2D eigenvalue weighted by molar-refractivity contribution is -0.124. The molecule has 1 heterocycles. The maximum Gasteiger partial charge on any atom is 0.247 e. The van der Waals surface area contributed by atoms with Crippen LogP contribution in [0.5, 0.6) is 0 Å². The van der Waals surface area contributed by atoms with Crippen LogP contribution in [0.25, 0.3) is 6.08 Å². The molecule has 0 aliphatic carbocycles. The van der Waals surface area contributed by atoms with Crippen molar-refractivity contribution in [3.63, 3.8) is 0 Å². The third-order valence-corrected chi connectivity index (χ3v) is 5.64. The van der Waals surface area contributed by atoms with Gasteiger partial charge in [0.25, 0.3) is 0 Å². The number of nitrogens with one attached hydrogen (secondary N) is 2. The lowest BCUT2D eigenvalue weighted by atomic mass is 10.1. The van der Waals surface area contributed by atoms with Crippen molar-refractivity contribution in [3.8, 4) is 0 Å². The van der Waals surface area contributed by atoms with E-state index in [1.54, 1.807) is 37.3 Å². The summed E-state index contributed by atoms with van der Waals surface area (Å²) in [6.07, 6.45) is 2.10. The molecular weight excluding hydrogens is 352 g/mol. The van der Waals surface area contributed by atoms with E-state index in [9.17, 15) is 18.0 Å². The first-order valence-electron chi connectivity index (χ1n) is 7.47. The first-order chi connectivity index (χ1) is 11.2. The summed E-state index contributed by atoms with van der Waals surface area (Å²) in [5.41, 5.74) is 1.28. The minimum Gasteiger partial charge on any atom is -0.351 e. The van der Waals surface area contributed by atoms with E-state index < -0.39 is 15.7 Å². The number of hydrogen-bond acceptors (Lipinski definition) is 4. The van der Waals surface area contributed by atoms with Crippen LogP contribution >= 0.6 is 11.6 Å². The van der Waals surface area contributed by atoms with E-state index in [4.69, 9.17) is 11.6 Å². The smallest absolute Gasteiger partial charge is 0.247 e. The fraction of sp³-hybridized carbons (Fsp3) is 0.375. The SMILES string of the molecule is C/C(=C\c1ccc(Cl)cc1)C(=O)NCC(=O)NC1CCS(=O)(=O)C1. The molecule has 8 heteroatoms. The van der Waals surface area contributed by atoms with E-state index >= 15 is 0 Å². The Kier molecular flexibility index (Phi) is 6.01. The summed E-state index contributed by atoms with van der Waals surface area (Å²) in [7, 11) is -3.04. The third-order valence-electron chi connectivity index (χ3n) is 3.62. The number of sulfone groups is 1. The van der Waals surface area contributed by atoms with Gasteiger partial charge in [0.2, 0.25) is 11.8 Å². The van der Waals surface area contributed by atoms with Gasteiger partial charge in [-0.25, -0.2) is 8.42 Å².